The summed E-state index contributed by atoms with van der Waals surface area (Å²) in [6, 6.07) is -3.64. The van der Waals surface area contributed by atoms with Crippen LogP contribution in [-0.4, -0.2) is 538 Å². The highest BCUT2D eigenvalue weighted by Crippen LogP contribution is 2.41. The van der Waals surface area contributed by atoms with Gasteiger partial charge in [-0.3, -0.25) is 9.59 Å². The monoisotopic (exact) mass is 1720 g/mol. The van der Waals surface area contributed by atoms with Gasteiger partial charge in [0.15, 0.2) is 62.9 Å². The summed E-state index contributed by atoms with van der Waals surface area (Å²) in [7, 11) is 0. The van der Waals surface area contributed by atoms with E-state index in [1.165, 1.54) is 0 Å². The average Bonchev–Trinajstić information content (AvgIpc) is 0.779. The fraction of sp³-hybridized carbons (Fsp3) is 0.969. The summed E-state index contributed by atoms with van der Waals surface area (Å²) in [6.45, 7) is -9.30. The molecule has 53 nitrogen and oxygen atoms in total. The van der Waals surface area contributed by atoms with Gasteiger partial charge in [-0.1, -0.05) is 0 Å². The number of aliphatic hydroxyl groups is 30. The first-order chi connectivity index (χ1) is 55.4. The molecule has 0 spiro atoms. The molecular formula is C64H108N2O51. The van der Waals surface area contributed by atoms with Crippen LogP contribution in [0.3, 0.4) is 0 Å². The molecule has 10 fully saturated rings. The van der Waals surface area contributed by atoms with Crippen molar-refractivity contribution in [2.24, 2.45) is 0 Å². The lowest BCUT2D eigenvalue weighted by atomic mass is 9.94. The van der Waals surface area contributed by atoms with E-state index in [1.54, 1.807) is 0 Å². The van der Waals surface area contributed by atoms with Gasteiger partial charge in [-0.15, -0.1) is 0 Å². The largest absolute Gasteiger partial charge is 0.394 e. The van der Waals surface area contributed by atoms with Gasteiger partial charge >= 0.3 is 0 Å². The summed E-state index contributed by atoms with van der Waals surface area (Å²) in [6.07, 6.45) is -104. The van der Waals surface area contributed by atoms with Gasteiger partial charge in [-0.25, -0.2) is 0 Å². The predicted molar refractivity (Wildman–Crippen MR) is 353 cm³/mol. The van der Waals surface area contributed by atoms with Crippen LogP contribution in [0.5, 0.6) is 0 Å². The molecule has 10 rings (SSSR count). The van der Waals surface area contributed by atoms with Crippen LogP contribution in [0.1, 0.15) is 13.8 Å². The first-order valence-corrected chi connectivity index (χ1v) is 37.2. The Balaban J connectivity index is 1.01. The van der Waals surface area contributed by atoms with E-state index in [2.05, 4.69) is 10.6 Å². The quantitative estimate of drug-likeness (QED) is 0.0318. The van der Waals surface area contributed by atoms with Crippen molar-refractivity contribution in [3.8, 4) is 0 Å². The summed E-state index contributed by atoms with van der Waals surface area (Å²) >= 11 is 0. The zero-order valence-corrected chi connectivity index (χ0v) is 61.9. The highest BCUT2D eigenvalue weighted by Gasteiger charge is 2.62. The van der Waals surface area contributed by atoms with Gasteiger partial charge in [-0.05, 0) is 0 Å². The minimum absolute atomic E-state index is 0.806. The molecule has 0 aromatic heterocycles. The Bertz CT molecular complexity index is 3050. The molecule has 0 bridgehead atoms. The lowest BCUT2D eigenvalue weighted by Gasteiger charge is -2.51. The van der Waals surface area contributed by atoms with E-state index in [1.807, 2.05) is 0 Å². The van der Waals surface area contributed by atoms with Crippen molar-refractivity contribution in [3.05, 3.63) is 0 Å². The Morgan fingerprint density at radius 2 is 0.462 bits per heavy atom. The van der Waals surface area contributed by atoms with Crippen molar-refractivity contribution in [2.45, 2.75) is 321 Å². The SMILES string of the molecule is CC(=O)N[C@@H]1[C@@H](O)[C@H](O[C@@H]2O[C@H](CO)[C@@H](O[C@@H]3O[C@H](CO[C@H]4O[C@H](CO[C@H]5O[C@H](CO)[C@@H](O)[C@H](O)[C@@H]5O)[C@@H](O)[C@H](O[C@H]5O[C@H](CO)[C@@H](O)[C@@H](O)[C@@H]5O[C@H]5O[C@H](CO)[C@@H](O)[C@H](O)[C@@H]5O)[C@@H]4O)[C@@H](O)[C@H](O[C@H]4O[C@H](CO)[C@@H](O)[C@H](O)[C@@H]4O[C@H]4O[C@H](CO)[C@@H](O)[C@H](O)[C@@H]4O[C@H]4O[C@H](CO)[C@@H](O)[C@H](O)[C@@H]4O)[C@@H]3O)[C@H](O)[C@H]2NC(C)=O)[C@@H](CO)O[C@H]1O. The maximum absolute atomic E-state index is 13.0. The molecule has 50 atom stereocenters. The van der Waals surface area contributed by atoms with Crippen molar-refractivity contribution in [1.29, 1.82) is 0 Å². The van der Waals surface area contributed by atoms with Crippen LogP contribution in [0.15, 0.2) is 0 Å². The van der Waals surface area contributed by atoms with Crippen LogP contribution in [0.4, 0.5) is 0 Å². The summed E-state index contributed by atoms with van der Waals surface area (Å²) in [5, 5.41) is 337. The predicted octanol–water partition coefficient (Wildman–Crippen LogP) is -22.5. The van der Waals surface area contributed by atoms with Crippen LogP contribution in [0.25, 0.3) is 0 Å². The summed E-state index contributed by atoms with van der Waals surface area (Å²) < 4.78 is 111. The third-order valence-corrected chi connectivity index (χ3v) is 21.7. The first kappa shape index (κ1) is 96.2. The molecule has 0 unspecified atom stereocenters. The smallest absolute Gasteiger partial charge is 0.217 e. The molecule has 10 saturated heterocycles. The minimum atomic E-state index is -2.64. The summed E-state index contributed by atoms with van der Waals surface area (Å²) in [5.74, 6) is -1.78. The molecule has 0 saturated carbocycles. The molecule has 0 aliphatic carbocycles. The van der Waals surface area contributed by atoms with Gasteiger partial charge in [0.25, 0.3) is 0 Å². The number of carbonyl (C=O) groups is 2. The highest BCUT2D eigenvalue weighted by atomic mass is 16.8. The third-order valence-electron chi connectivity index (χ3n) is 21.7. The van der Waals surface area contributed by atoms with E-state index in [4.69, 9.17) is 90.0 Å². The fourth-order valence-electron chi connectivity index (χ4n) is 15.0. The molecule has 10 heterocycles. The Hall–Kier alpha value is -3.02. The van der Waals surface area contributed by atoms with Crippen LogP contribution < -0.4 is 10.6 Å². The van der Waals surface area contributed by atoms with Crippen molar-refractivity contribution in [3.63, 3.8) is 0 Å². The lowest BCUT2D eigenvalue weighted by molar-refractivity contribution is -0.408. The van der Waals surface area contributed by atoms with E-state index >= 15 is 0 Å². The molecule has 2 amide bonds. The number of rotatable bonds is 30. The maximum Gasteiger partial charge on any atom is 0.217 e. The number of ether oxygens (including phenoxy) is 19. The third kappa shape index (κ3) is 20.7. The Labute approximate surface area is 660 Å². The van der Waals surface area contributed by atoms with Gasteiger partial charge in [0, 0.05) is 13.8 Å². The van der Waals surface area contributed by atoms with E-state index < -0.39 is 385 Å². The fourth-order valence-corrected chi connectivity index (χ4v) is 15.0. The standard InChI is InChI=1S/C64H108N2O51/c1-13(75)65-25-35(85)48(21(9-73)101-55(25)98)111-56-26(66-14(2)76)36(86)49(22(10-74)108-56)112-61-47(97)51(114-63-54(42(92)32(82)19(7-71)106-63)117-64-53(41(91)31(81)20(8-72)107-64)116-60-45(95)39(89)29(79)17(5-69)104-60)34(84)24(110-61)12-100-58-46(96)50(33(83)23(109-58)11-99-57-43(93)37(87)27(77)15(3-67)102-57)113-62-52(40(90)30(80)18(6-70)105-62)115-59-44(94)38(88)28(78)16(4-68)103-59/h15-64,67-74,77-98H,3-12H2,1-2H3,(H,65,75)(H,66,76)/t15-,16-,17-,18-,19-,20-,21-,22-,23-,24-,25-,26-,27-,28-,29-,30-,31-,32-,33-,34-,35-,36-,37+,38+,39+,40-,41+,42+,43+,44+,45+,46+,47+,48-,49-,50+,51+,52+,53+,54+,55-,56+,57+,58+,59-,60-,61+,62-,63-,64-/m1/s1. The molecule has 0 radical (unpaired) electrons. The summed E-state index contributed by atoms with van der Waals surface area (Å²) in [5.41, 5.74) is 0. The second kappa shape index (κ2) is 41.9. The van der Waals surface area contributed by atoms with Crippen LogP contribution in [-0.2, 0) is 99.6 Å². The number of hydrogen-bond donors (Lipinski definition) is 32. The molecule has 32 N–H and O–H groups in total. The van der Waals surface area contributed by atoms with Gasteiger partial charge in [0.2, 0.25) is 11.8 Å². The topological polar surface area (TPSA) is 840 Å². The maximum atomic E-state index is 13.0. The van der Waals surface area contributed by atoms with E-state index in [0.717, 1.165) is 13.8 Å². The Morgan fingerprint density at radius 1 is 0.222 bits per heavy atom. The Kier molecular flexibility index (Phi) is 34.4. The van der Waals surface area contributed by atoms with Crippen molar-refractivity contribution >= 4 is 11.8 Å². The first-order valence-electron chi connectivity index (χ1n) is 37.2. The number of hydrogen-bond acceptors (Lipinski definition) is 51. The van der Waals surface area contributed by atoms with Crippen molar-refractivity contribution in [1.82, 2.24) is 10.6 Å². The zero-order chi connectivity index (χ0) is 85.9. The minimum Gasteiger partial charge on any atom is -0.394 e. The van der Waals surface area contributed by atoms with Gasteiger partial charge in [0.1, 0.15) is 244 Å². The molecule has 10 aliphatic heterocycles. The molecule has 117 heavy (non-hydrogen) atoms. The van der Waals surface area contributed by atoms with Gasteiger partial charge < -0.3 is 254 Å². The van der Waals surface area contributed by atoms with Crippen molar-refractivity contribution < 1.29 is 253 Å². The Morgan fingerprint density at radius 3 is 0.829 bits per heavy atom. The molecular weight excluding hydrogens is 1610 g/mol. The van der Waals surface area contributed by atoms with Crippen LogP contribution >= 0.6 is 0 Å². The number of amides is 2. The average molecular weight is 1720 g/mol. The van der Waals surface area contributed by atoms with Crippen molar-refractivity contribution in [2.75, 3.05) is 66.1 Å². The van der Waals surface area contributed by atoms with Crippen LogP contribution in [0.2, 0.25) is 0 Å². The number of aliphatic hydroxyl groups excluding tert-OH is 30. The van der Waals surface area contributed by atoms with E-state index in [9.17, 15) is 163 Å². The molecule has 10 aliphatic rings. The summed E-state index contributed by atoms with van der Waals surface area (Å²) in [4.78, 5) is 25.2. The lowest BCUT2D eigenvalue weighted by Crippen LogP contribution is -2.70. The molecule has 680 valence electrons. The second-order valence-corrected chi connectivity index (χ2v) is 29.5. The molecule has 0 aromatic carbocycles. The number of carbonyl (C=O) groups excluding carboxylic acids is 2. The zero-order valence-electron chi connectivity index (χ0n) is 61.9. The highest BCUT2D eigenvalue weighted by molar-refractivity contribution is 5.73. The second-order valence-electron chi connectivity index (χ2n) is 29.5. The normalized spacial score (nSPS) is 51.5. The van der Waals surface area contributed by atoms with E-state index in [0.29, 0.717) is 0 Å². The van der Waals surface area contributed by atoms with Gasteiger partial charge in [0.05, 0.1) is 66.1 Å². The molecule has 53 heteroatoms. The molecule has 0 aromatic rings. The van der Waals surface area contributed by atoms with Gasteiger partial charge in [-0.2, -0.15) is 0 Å². The number of nitrogens with one attached hydrogen (secondary N) is 2. The van der Waals surface area contributed by atoms with Crippen LogP contribution in [0, 0.1) is 0 Å². The van der Waals surface area contributed by atoms with E-state index in [-0.39, 0.29) is 0 Å².